The Labute approximate surface area is 116 Å². The van der Waals surface area contributed by atoms with Crippen molar-refractivity contribution in [3.05, 3.63) is 29.8 Å². The third-order valence-electron chi connectivity index (χ3n) is 2.31. The Hall–Kier alpha value is -1.49. The van der Waals surface area contributed by atoms with Crippen molar-refractivity contribution >= 4 is 26.0 Å². The molecular formula is C10H14N2O6S2. The van der Waals surface area contributed by atoms with E-state index in [0.29, 0.717) is 5.56 Å². The van der Waals surface area contributed by atoms with Gasteiger partial charge in [0.15, 0.2) is 0 Å². The third-order valence-corrected chi connectivity index (χ3v) is 4.54. The standard InChI is InChI=1S/C10H14N2O6S2/c11-20(17,18)9-3-1-2-8(6-9)7-12-19(15,16)5-4-10(13)14/h1-3,6,12H,4-5,7H2,(H,13,14)(H2,11,17,18). The molecule has 4 N–H and O–H groups in total. The third kappa shape index (κ3) is 5.65. The van der Waals surface area contributed by atoms with E-state index in [1.807, 2.05) is 0 Å². The van der Waals surface area contributed by atoms with Crippen LogP contribution in [0.4, 0.5) is 0 Å². The number of carboxylic acids is 1. The first-order chi connectivity index (χ1) is 9.10. The highest BCUT2D eigenvalue weighted by atomic mass is 32.2. The Morgan fingerprint density at radius 1 is 1.25 bits per heavy atom. The molecule has 1 rings (SSSR count). The van der Waals surface area contributed by atoms with Crippen LogP contribution in [0, 0.1) is 0 Å². The van der Waals surface area contributed by atoms with E-state index < -0.39 is 38.2 Å². The lowest BCUT2D eigenvalue weighted by molar-refractivity contribution is -0.136. The quantitative estimate of drug-likeness (QED) is 0.601. The van der Waals surface area contributed by atoms with Gasteiger partial charge in [0.25, 0.3) is 0 Å². The van der Waals surface area contributed by atoms with Crippen molar-refractivity contribution in [2.24, 2.45) is 5.14 Å². The summed E-state index contributed by atoms with van der Waals surface area (Å²) in [5, 5.41) is 13.4. The van der Waals surface area contributed by atoms with Gasteiger partial charge in [-0.15, -0.1) is 0 Å². The predicted molar refractivity (Wildman–Crippen MR) is 70.7 cm³/mol. The highest BCUT2D eigenvalue weighted by Gasteiger charge is 2.13. The van der Waals surface area contributed by atoms with Gasteiger partial charge in [0.05, 0.1) is 17.1 Å². The summed E-state index contributed by atoms with van der Waals surface area (Å²) < 4.78 is 47.4. The fraction of sp³-hybridized carbons (Fsp3) is 0.300. The van der Waals surface area contributed by atoms with Crippen molar-refractivity contribution in [3.8, 4) is 0 Å². The zero-order valence-electron chi connectivity index (χ0n) is 10.3. The van der Waals surface area contributed by atoms with Crippen LogP contribution in [0.15, 0.2) is 29.2 Å². The van der Waals surface area contributed by atoms with Gasteiger partial charge in [-0.05, 0) is 17.7 Å². The number of benzene rings is 1. The molecule has 0 saturated heterocycles. The lowest BCUT2D eigenvalue weighted by atomic mass is 10.2. The predicted octanol–water partition coefficient (Wildman–Crippen LogP) is -0.772. The highest BCUT2D eigenvalue weighted by Crippen LogP contribution is 2.09. The van der Waals surface area contributed by atoms with E-state index in [1.165, 1.54) is 24.3 Å². The lowest BCUT2D eigenvalue weighted by Gasteiger charge is -2.06. The number of carboxylic acid groups (broad SMARTS) is 1. The number of hydrogen-bond donors (Lipinski definition) is 3. The summed E-state index contributed by atoms with van der Waals surface area (Å²) in [6.45, 7) is -0.148. The van der Waals surface area contributed by atoms with E-state index in [1.54, 1.807) is 0 Å². The molecule has 0 atom stereocenters. The van der Waals surface area contributed by atoms with Gasteiger partial charge in [-0.25, -0.2) is 26.7 Å². The molecule has 0 aliphatic carbocycles. The fourth-order valence-corrected chi connectivity index (χ4v) is 2.88. The second-order valence-corrected chi connectivity index (χ2v) is 7.46. The van der Waals surface area contributed by atoms with Crippen LogP contribution < -0.4 is 9.86 Å². The molecule has 20 heavy (non-hydrogen) atoms. The van der Waals surface area contributed by atoms with Crippen LogP contribution in [0.3, 0.4) is 0 Å². The molecular weight excluding hydrogens is 308 g/mol. The minimum absolute atomic E-state index is 0.125. The Bertz CT molecular complexity index is 696. The molecule has 0 heterocycles. The zero-order valence-corrected chi connectivity index (χ0v) is 11.9. The Balaban J connectivity index is 2.73. The summed E-state index contributed by atoms with van der Waals surface area (Å²) in [4.78, 5) is 10.2. The summed E-state index contributed by atoms with van der Waals surface area (Å²) in [5.41, 5.74) is 0.399. The largest absolute Gasteiger partial charge is 0.481 e. The first kappa shape index (κ1) is 16.6. The average molecular weight is 322 g/mol. The SMILES string of the molecule is NS(=O)(=O)c1cccc(CNS(=O)(=O)CCC(=O)O)c1. The van der Waals surface area contributed by atoms with E-state index in [9.17, 15) is 21.6 Å². The molecule has 112 valence electrons. The number of hydrogen-bond acceptors (Lipinski definition) is 5. The number of carbonyl (C=O) groups is 1. The maximum absolute atomic E-state index is 11.5. The van der Waals surface area contributed by atoms with Gasteiger partial charge < -0.3 is 5.11 Å². The smallest absolute Gasteiger partial charge is 0.304 e. The summed E-state index contributed by atoms with van der Waals surface area (Å²) in [6, 6.07) is 5.49. The van der Waals surface area contributed by atoms with E-state index >= 15 is 0 Å². The first-order valence-electron chi connectivity index (χ1n) is 5.41. The molecule has 0 fully saturated rings. The Kier molecular flexibility index (Phi) is 5.22. The highest BCUT2D eigenvalue weighted by molar-refractivity contribution is 7.89. The molecule has 0 unspecified atom stereocenters. The maximum atomic E-state index is 11.5. The summed E-state index contributed by atoms with van der Waals surface area (Å²) in [7, 11) is -7.59. The number of rotatable bonds is 7. The lowest BCUT2D eigenvalue weighted by Crippen LogP contribution is -2.27. The van der Waals surface area contributed by atoms with Gasteiger partial charge in [-0.3, -0.25) is 4.79 Å². The van der Waals surface area contributed by atoms with E-state index in [4.69, 9.17) is 10.2 Å². The summed E-state index contributed by atoms with van der Waals surface area (Å²) >= 11 is 0. The minimum atomic E-state index is -3.86. The van der Waals surface area contributed by atoms with Crippen molar-refractivity contribution in [3.63, 3.8) is 0 Å². The molecule has 0 aliphatic heterocycles. The van der Waals surface area contributed by atoms with E-state index in [0.717, 1.165) is 0 Å². The number of nitrogens with one attached hydrogen (secondary N) is 1. The molecule has 0 saturated carbocycles. The van der Waals surface area contributed by atoms with Crippen molar-refractivity contribution in [1.29, 1.82) is 0 Å². The van der Waals surface area contributed by atoms with E-state index in [-0.39, 0.29) is 11.4 Å². The van der Waals surface area contributed by atoms with Gasteiger partial charge in [0.1, 0.15) is 0 Å². The fourth-order valence-electron chi connectivity index (χ4n) is 1.32. The molecule has 0 radical (unpaired) electrons. The summed E-state index contributed by atoms with van der Waals surface area (Å²) in [5.74, 6) is -1.76. The van der Waals surface area contributed by atoms with Crippen LogP contribution >= 0.6 is 0 Å². The molecule has 0 bridgehead atoms. The minimum Gasteiger partial charge on any atom is -0.481 e. The van der Waals surface area contributed by atoms with Gasteiger partial charge in [0.2, 0.25) is 20.0 Å². The van der Waals surface area contributed by atoms with Crippen LogP contribution in [0.25, 0.3) is 0 Å². The van der Waals surface area contributed by atoms with Crippen molar-refractivity contribution in [2.75, 3.05) is 5.75 Å². The van der Waals surface area contributed by atoms with Gasteiger partial charge in [-0.2, -0.15) is 0 Å². The zero-order chi connectivity index (χ0) is 15.4. The van der Waals surface area contributed by atoms with Crippen molar-refractivity contribution < 1.29 is 26.7 Å². The summed E-state index contributed by atoms with van der Waals surface area (Å²) in [6.07, 6.45) is -0.507. The first-order valence-corrected chi connectivity index (χ1v) is 8.61. The normalized spacial score (nSPS) is 12.2. The van der Waals surface area contributed by atoms with Crippen LogP contribution in [0.2, 0.25) is 0 Å². The number of aliphatic carboxylic acids is 1. The molecule has 1 aromatic carbocycles. The van der Waals surface area contributed by atoms with Gasteiger partial charge in [-0.1, -0.05) is 12.1 Å². The second-order valence-electron chi connectivity index (χ2n) is 3.98. The molecule has 0 aliphatic rings. The van der Waals surface area contributed by atoms with Crippen LogP contribution in [-0.2, 0) is 31.4 Å². The molecule has 0 spiro atoms. The molecule has 10 heteroatoms. The maximum Gasteiger partial charge on any atom is 0.304 e. The van der Waals surface area contributed by atoms with Crippen molar-refractivity contribution in [1.82, 2.24) is 4.72 Å². The molecule has 8 nitrogen and oxygen atoms in total. The molecule has 0 aromatic heterocycles. The van der Waals surface area contributed by atoms with E-state index in [2.05, 4.69) is 4.72 Å². The van der Waals surface area contributed by atoms with Crippen molar-refractivity contribution in [2.45, 2.75) is 17.9 Å². The second kappa shape index (κ2) is 6.31. The van der Waals surface area contributed by atoms with Gasteiger partial charge >= 0.3 is 5.97 Å². The molecule has 1 aromatic rings. The van der Waals surface area contributed by atoms with Crippen LogP contribution in [0.5, 0.6) is 0 Å². The van der Waals surface area contributed by atoms with Gasteiger partial charge in [0, 0.05) is 6.54 Å². The molecule has 0 amide bonds. The average Bonchev–Trinajstić information content (AvgIpc) is 2.34. The van der Waals surface area contributed by atoms with Crippen LogP contribution in [0.1, 0.15) is 12.0 Å². The number of primary sulfonamides is 1. The monoisotopic (exact) mass is 322 g/mol. The number of sulfonamides is 2. The Morgan fingerprint density at radius 2 is 1.90 bits per heavy atom. The van der Waals surface area contributed by atoms with Crippen LogP contribution in [-0.4, -0.2) is 33.7 Å². The topological polar surface area (TPSA) is 144 Å². The Morgan fingerprint density at radius 3 is 2.45 bits per heavy atom. The number of nitrogens with two attached hydrogens (primary N) is 1.